The van der Waals surface area contributed by atoms with Crippen molar-refractivity contribution < 1.29 is 14.3 Å². The summed E-state index contributed by atoms with van der Waals surface area (Å²) in [4.78, 5) is 26.2. The van der Waals surface area contributed by atoms with Gasteiger partial charge in [-0.15, -0.1) is 0 Å². The summed E-state index contributed by atoms with van der Waals surface area (Å²) >= 11 is 0. The Morgan fingerprint density at radius 3 is 2.79 bits per heavy atom. The lowest BCUT2D eigenvalue weighted by molar-refractivity contribution is 0.102. The van der Waals surface area contributed by atoms with Crippen molar-refractivity contribution >= 4 is 22.5 Å². The van der Waals surface area contributed by atoms with Crippen LogP contribution in [-0.2, 0) is 10.3 Å². The van der Waals surface area contributed by atoms with Crippen LogP contribution in [0.1, 0.15) is 56.4 Å². The third kappa shape index (κ3) is 3.35. The summed E-state index contributed by atoms with van der Waals surface area (Å²) in [5, 5.41) is 8.47. The van der Waals surface area contributed by atoms with Gasteiger partial charge in [-0.25, -0.2) is 0 Å². The first-order chi connectivity index (χ1) is 15.8. The Labute approximate surface area is 191 Å². The second-order valence-electron chi connectivity index (χ2n) is 10.1. The fourth-order valence-electron chi connectivity index (χ4n) is 5.12. The Morgan fingerprint density at radius 2 is 2.12 bits per heavy atom. The smallest absolute Gasteiger partial charge is 0.274 e. The first-order valence-corrected chi connectivity index (χ1v) is 11.7. The predicted octanol–water partition coefficient (Wildman–Crippen LogP) is 3.71. The molecule has 2 aliphatic carbocycles. The molecule has 4 aliphatic rings. The number of anilines is 1. The van der Waals surface area contributed by atoms with E-state index >= 15 is 0 Å². The Hall–Kier alpha value is -3.13. The number of ether oxygens (including phenoxy) is 2. The van der Waals surface area contributed by atoms with Crippen LogP contribution in [0.3, 0.4) is 0 Å². The minimum Gasteiger partial charge on any atom is -0.490 e. The third-order valence-corrected chi connectivity index (χ3v) is 7.15. The van der Waals surface area contributed by atoms with Crippen molar-refractivity contribution in [3.63, 3.8) is 0 Å². The van der Waals surface area contributed by atoms with E-state index < -0.39 is 0 Å². The van der Waals surface area contributed by atoms with Crippen molar-refractivity contribution in [1.82, 2.24) is 14.3 Å². The SMILES string of the molecule is CC(C)Oc1cc2nn(C34COC(C3)C4)cc2cc1C(=O)Nc1cccn([C@H]2C[C@H]2C)c1=O. The lowest BCUT2D eigenvalue weighted by Gasteiger charge is -2.35. The molecule has 7 rings (SSSR count). The molecular formula is C25H28N4O4. The first-order valence-electron chi connectivity index (χ1n) is 11.7. The summed E-state index contributed by atoms with van der Waals surface area (Å²) in [5.74, 6) is 0.568. The largest absolute Gasteiger partial charge is 0.490 e. The van der Waals surface area contributed by atoms with E-state index in [0.717, 1.165) is 30.2 Å². The third-order valence-electron chi connectivity index (χ3n) is 7.15. The second-order valence-corrected chi connectivity index (χ2v) is 10.1. The van der Waals surface area contributed by atoms with Gasteiger partial charge in [0.1, 0.15) is 11.4 Å². The summed E-state index contributed by atoms with van der Waals surface area (Å²) in [6.07, 6.45) is 6.93. The highest BCUT2D eigenvalue weighted by Crippen LogP contribution is 2.48. The van der Waals surface area contributed by atoms with Gasteiger partial charge in [0.2, 0.25) is 0 Å². The van der Waals surface area contributed by atoms with Gasteiger partial charge in [-0.2, -0.15) is 5.10 Å². The van der Waals surface area contributed by atoms with Crippen LogP contribution in [0, 0.1) is 5.92 Å². The number of carbonyl (C=O) groups excluding carboxylic acids is 1. The fourth-order valence-corrected chi connectivity index (χ4v) is 5.12. The predicted molar refractivity (Wildman–Crippen MR) is 124 cm³/mol. The highest BCUT2D eigenvalue weighted by Gasteiger charge is 2.54. The quantitative estimate of drug-likeness (QED) is 0.621. The van der Waals surface area contributed by atoms with E-state index in [0.29, 0.717) is 29.9 Å². The van der Waals surface area contributed by atoms with Gasteiger partial charge in [0, 0.05) is 42.7 Å². The minimum atomic E-state index is -0.370. The zero-order valence-corrected chi connectivity index (χ0v) is 19.1. The normalized spacial score (nSPS) is 27.6. The average Bonchev–Trinajstić information content (AvgIpc) is 3.13. The van der Waals surface area contributed by atoms with Gasteiger partial charge in [-0.1, -0.05) is 6.92 Å². The minimum absolute atomic E-state index is 0.0692. The molecule has 33 heavy (non-hydrogen) atoms. The summed E-state index contributed by atoms with van der Waals surface area (Å²) < 4.78 is 15.4. The number of hydrogen-bond donors (Lipinski definition) is 1. The summed E-state index contributed by atoms with van der Waals surface area (Å²) in [6, 6.07) is 7.28. The number of carbonyl (C=O) groups is 1. The van der Waals surface area contributed by atoms with Crippen LogP contribution >= 0.6 is 0 Å². The van der Waals surface area contributed by atoms with Crippen LogP contribution < -0.4 is 15.6 Å². The number of amides is 1. The summed E-state index contributed by atoms with van der Waals surface area (Å²) in [7, 11) is 0. The number of nitrogens with zero attached hydrogens (tertiary/aromatic N) is 3. The Bertz CT molecular complexity index is 1310. The zero-order valence-electron chi connectivity index (χ0n) is 19.1. The maximum absolute atomic E-state index is 13.3. The van der Waals surface area contributed by atoms with Crippen LogP contribution in [0.2, 0.25) is 0 Å². The lowest BCUT2D eigenvalue weighted by atomic mass is 9.78. The molecule has 2 aliphatic heterocycles. The Morgan fingerprint density at radius 1 is 1.33 bits per heavy atom. The molecule has 2 saturated heterocycles. The van der Waals surface area contributed by atoms with Crippen LogP contribution in [-0.4, -0.2) is 39.1 Å². The zero-order chi connectivity index (χ0) is 22.9. The van der Waals surface area contributed by atoms with Crippen molar-refractivity contribution in [2.45, 2.75) is 63.8 Å². The van der Waals surface area contributed by atoms with Crippen molar-refractivity contribution in [2.24, 2.45) is 5.92 Å². The fraction of sp³-hybridized carbons (Fsp3) is 0.480. The number of rotatable bonds is 6. The number of benzene rings is 1. The van der Waals surface area contributed by atoms with Gasteiger partial charge in [-0.05, 0) is 44.4 Å². The molecule has 0 unspecified atom stereocenters. The van der Waals surface area contributed by atoms with Gasteiger partial charge in [0.15, 0.2) is 0 Å². The molecule has 3 aromatic rings. The van der Waals surface area contributed by atoms with Crippen molar-refractivity contribution in [3.8, 4) is 5.75 Å². The maximum Gasteiger partial charge on any atom is 0.274 e. The molecule has 4 heterocycles. The second kappa shape index (κ2) is 7.18. The maximum atomic E-state index is 13.3. The molecule has 1 N–H and O–H groups in total. The molecule has 2 atom stereocenters. The number of hydrogen-bond acceptors (Lipinski definition) is 5. The van der Waals surface area contributed by atoms with Crippen LogP contribution in [0.4, 0.5) is 5.69 Å². The van der Waals surface area contributed by atoms with Gasteiger partial charge in [-0.3, -0.25) is 14.3 Å². The molecule has 8 heteroatoms. The van der Waals surface area contributed by atoms with E-state index in [1.54, 1.807) is 29.0 Å². The highest BCUT2D eigenvalue weighted by atomic mass is 16.5. The van der Waals surface area contributed by atoms with E-state index in [1.165, 1.54) is 0 Å². The molecule has 2 bridgehead atoms. The van der Waals surface area contributed by atoms with Crippen LogP contribution in [0.25, 0.3) is 10.9 Å². The average molecular weight is 449 g/mol. The molecule has 1 aromatic carbocycles. The van der Waals surface area contributed by atoms with Gasteiger partial charge >= 0.3 is 0 Å². The van der Waals surface area contributed by atoms with Gasteiger partial charge < -0.3 is 19.4 Å². The summed E-state index contributed by atoms with van der Waals surface area (Å²) in [5.41, 5.74) is 1.18. The van der Waals surface area contributed by atoms with Gasteiger partial charge in [0.25, 0.3) is 11.5 Å². The molecule has 8 nitrogen and oxygen atoms in total. The van der Waals surface area contributed by atoms with Crippen LogP contribution in [0.15, 0.2) is 41.5 Å². The number of nitrogens with one attached hydrogen (secondary N) is 1. The number of fused-ring (bicyclic) bond motifs is 2. The lowest BCUT2D eigenvalue weighted by Crippen LogP contribution is -2.43. The van der Waals surface area contributed by atoms with Crippen molar-refractivity contribution in [3.05, 3.63) is 52.6 Å². The molecule has 0 spiro atoms. The topological polar surface area (TPSA) is 87.4 Å². The first kappa shape index (κ1) is 20.5. The van der Waals surface area contributed by atoms with E-state index in [9.17, 15) is 9.59 Å². The van der Waals surface area contributed by atoms with Crippen molar-refractivity contribution in [1.29, 1.82) is 0 Å². The molecule has 4 fully saturated rings. The van der Waals surface area contributed by atoms with E-state index in [1.807, 2.05) is 30.8 Å². The molecule has 2 aromatic heterocycles. The monoisotopic (exact) mass is 448 g/mol. The van der Waals surface area contributed by atoms with E-state index in [2.05, 4.69) is 12.2 Å². The number of aromatic nitrogens is 3. The Balaban J connectivity index is 1.35. The Kier molecular flexibility index (Phi) is 4.46. The summed E-state index contributed by atoms with van der Waals surface area (Å²) in [6.45, 7) is 6.63. The van der Waals surface area contributed by atoms with E-state index in [4.69, 9.17) is 14.6 Å². The van der Waals surface area contributed by atoms with E-state index in [-0.39, 0.29) is 34.8 Å². The van der Waals surface area contributed by atoms with Crippen LogP contribution in [0.5, 0.6) is 5.75 Å². The van der Waals surface area contributed by atoms with Crippen molar-refractivity contribution in [2.75, 3.05) is 11.9 Å². The molecule has 172 valence electrons. The number of pyridine rings is 1. The van der Waals surface area contributed by atoms with Gasteiger partial charge in [0.05, 0.1) is 35.4 Å². The molecule has 1 amide bonds. The molecule has 0 radical (unpaired) electrons. The molecule has 2 saturated carbocycles. The standard InChI is InChI=1S/C25H28N4O4/c1-14(2)33-22-9-20-16(12-29(27-20)25-10-17(11-25)32-13-25)8-18(22)23(30)26-19-5-4-6-28(24(19)31)21-7-15(21)3/h4-6,8-9,12,14-15,17,21H,7,10-11,13H2,1-3H3,(H,26,30)/t15-,17?,21+,25?/m1/s1. The highest BCUT2D eigenvalue weighted by molar-refractivity contribution is 6.08. The molecular weight excluding hydrogens is 420 g/mol.